The highest BCUT2D eigenvalue weighted by molar-refractivity contribution is 6.31. The lowest BCUT2D eigenvalue weighted by atomic mass is 10.1. The fraction of sp³-hybridized carbons (Fsp3) is 0.250. The summed E-state index contributed by atoms with van der Waals surface area (Å²) in [4.78, 5) is 0. The number of nitrogen functional groups attached to an aromatic ring is 1. The van der Waals surface area contributed by atoms with Gasteiger partial charge in [0.2, 0.25) is 0 Å². The van der Waals surface area contributed by atoms with E-state index in [-0.39, 0.29) is 0 Å². The molecule has 2 N–H and O–H groups in total. The Morgan fingerprint density at radius 3 is 2.42 bits per heavy atom. The zero-order chi connectivity index (χ0) is 14.0. The molecule has 2 aromatic rings. The van der Waals surface area contributed by atoms with Gasteiger partial charge in [-0.05, 0) is 49.6 Å². The summed E-state index contributed by atoms with van der Waals surface area (Å²) in [5.41, 5.74) is 10.9. The first kappa shape index (κ1) is 13.8. The van der Waals surface area contributed by atoms with Crippen LogP contribution in [0, 0.1) is 20.8 Å². The van der Waals surface area contributed by atoms with Crippen molar-refractivity contribution in [3.05, 3.63) is 57.6 Å². The van der Waals surface area contributed by atoms with Crippen molar-refractivity contribution in [2.45, 2.75) is 27.4 Å². The first-order chi connectivity index (χ1) is 9.00. The van der Waals surface area contributed by atoms with Crippen LogP contribution in [0.15, 0.2) is 30.3 Å². The van der Waals surface area contributed by atoms with Gasteiger partial charge in [0.05, 0.1) is 0 Å². The molecule has 0 aliphatic carbocycles. The van der Waals surface area contributed by atoms with Crippen LogP contribution in [0.1, 0.15) is 22.3 Å². The molecule has 0 aromatic heterocycles. The molecule has 0 aliphatic rings. The van der Waals surface area contributed by atoms with Crippen molar-refractivity contribution in [2.75, 3.05) is 5.73 Å². The number of hydrogen-bond donors (Lipinski definition) is 1. The molecular formula is C16H18ClNO. The maximum atomic E-state index is 6.15. The molecule has 2 nitrogen and oxygen atoms in total. The standard InChI is InChI=1S/C16H18ClNO/c1-10-7-8-11(2)16(12(10)3)19-9-13-14(17)5-4-6-15(13)18/h4-8H,9,18H2,1-3H3. The van der Waals surface area contributed by atoms with E-state index in [0.29, 0.717) is 17.3 Å². The second kappa shape index (κ2) is 5.54. The summed E-state index contributed by atoms with van der Waals surface area (Å²) in [5.74, 6) is 0.916. The Morgan fingerprint density at radius 2 is 1.74 bits per heavy atom. The van der Waals surface area contributed by atoms with E-state index < -0.39 is 0 Å². The lowest BCUT2D eigenvalue weighted by Gasteiger charge is -2.15. The maximum Gasteiger partial charge on any atom is 0.125 e. The molecule has 0 aliphatic heterocycles. The number of aryl methyl sites for hydroxylation is 2. The van der Waals surface area contributed by atoms with E-state index in [1.165, 1.54) is 5.56 Å². The van der Waals surface area contributed by atoms with Gasteiger partial charge in [0.25, 0.3) is 0 Å². The van der Waals surface area contributed by atoms with E-state index in [9.17, 15) is 0 Å². The van der Waals surface area contributed by atoms with E-state index in [2.05, 4.69) is 26.0 Å². The summed E-state index contributed by atoms with van der Waals surface area (Å²) in [6, 6.07) is 9.66. The third kappa shape index (κ3) is 2.85. The molecule has 0 saturated carbocycles. The summed E-state index contributed by atoms with van der Waals surface area (Å²) < 4.78 is 5.93. The molecule has 100 valence electrons. The van der Waals surface area contributed by atoms with Gasteiger partial charge in [0, 0.05) is 16.3 Å². The van der Waals surface area contributed by atoms with Gasteiger partial charge in [-0.25, -0.2) is 0 Å². The molecule has 0 amide bonds. The Morgan fingerprint density at radius 1 is 1.05 bits per heavy atom. The Balaban J connectivity index is 2.27. The zero-order valence-corrected chi connectivity index (χ0v) is 12.2. The molecule has 0 bridgehead atoms. The molecule has 0 saturated heterocycles. The normalized spacial score (nSPS) is 10.5. The number of rotatable bonds is 3. The largest absolute Gasteiger partial charge is 0.488 e. The number of halogens is 1. The lowest BCUT2D eigenvalue weighted by Crippen LogP contribution is -2.03. The molecule has 0 radical (unpaired) electrons. The average molecular weight is 276 g/mol. The van der Waals surface area contributed by atoms with E-state index in [1.54, 1.807) is 0 Å². The Hall–Kier alpha value is -1.67. The molecule has 19 heavy (non-hydrogen) atoms. The van der Waals surface area contributed by atoms with Crippen LogP contribution in [0.5, 0.6) is 5.75 Å². The van der Waals surface area contributed by atoms with E-state index in [0.717, 1.165) is 22.4 Å². The van der Waals surface area contributed by atoms with Crippen LogP contribution in [0.3, 0.4) is 0 Å². The Kier molecular flexibility index (Phi) is 4.01. The number of ether oxygens (including phenoxy) is 1. The average Bonchev–Trinajstić information content (AvgIpc) is 2.37. The van der Waals surface area contributed by atoms with Gasteiger partial charge in [-0.2, -0.15) is 0 Å². The first-order valence-electron chi connectivity index (χ1n) is 6.23. The fourth-order valence-electron chi connectivity index (χ4n) is 2.02. The topological polar surface area (TPSA) is 35.2 Å². The smallest absolute Gasteiger partial charge is 0.125 e. The molecule has 2 aromatic carbocycles. The molecule has 0 spiro atoms. The molecule has 0 heterocycles. The van der Waals surface area contributed by atoms with Crippen molar-refractivity contribution in [2.24, 2.45) is 0 Å². The quantitative estimate of drug-likeness (QED) is 0.841. The van der Waals surface area contributed by atoms with Crippen LogP contribution in [-0.4, -0.2) is 0 Å². The minimum Gasteiger partial charge on any atom is -0.488 e. The second-order valence-corrected chi connectivity index (χ2v) is 5.16. The monoisotopic (exact) mass is 275 g/mol. The van der Waals surface area contributed by atoms with Gasteiger partial charge in [-0.3, -0.25) is 0 Å². The number of anilines is 1. The van der Waals surface area contributed by atoms with Gasteiger partial charge >= 0.3 is 0 Å². The van der Waals surface area contributed by atoms with E-state index in [4.69, 9.17) is 22.1 Å². The van der Waals surface area contributed by atoms with Crippen LogP contribution in [0.25, 0.3) is 0 Å². The SMILES string of the molecule is Cc1ccc(C)c(OCc2c(N)cccc2Cl)c1C. The van der Waals surface area contributed by atoms with Crippen molar-refractivity contribution < 1.29 is 4.74 Å². The molecular weight excluding hydrogens is 258 g/mol. The van der Waals surface area contributed by atoms with Crippen molar-refractivity contribution in [3.8, 4) is 5.75 Å². The van der Waals surface area contributed by atoms with Crippen molar-refractivity contribution in [3.63, 3.8) is 0 Å². The molecule has 0 fully saturated rings. The number of benzene rings is 2. The molecule has 2 rings (SSSR count). The predicted octanol–water partition coefficient (Wildman–Crippen LogP) is 4.43. The highest BCUT2D eigenvalue weighted by atomic mass is 35.5. The fourth-order valence-corrected chi connectivity index (χ4v) is 2.26. The summed E-state index contributed by atoms with van der Waals surface area (Å²) in [5, 5.41) is 0.642. The minimum absolute atomic E-state index is 0.386. The molecule has 0 unspecified atom stereocenters. The Bertz CT molecular complexity index is 588. The summed E-state index contributed by atoms with van der Waals surface area (Å²) in [6.45, 7) is 6.56. The van der Waals surface area contributed by atoms with E-state index in [1.807, 2.05) is 25.1 Å². The van der Waals surface area contributed by atoms with Gasteiger partial charge in [-0.1, -0.05) is 29.8 Å². The third-order valence-electron chi connectivity index (χ3n) is 3.39. The van der Waals surface area contributed by atoms with Crippen molar-refractivity contribution in [1.29, 1.82) is 0 Å². The third-order valence-corrected chi connectivity index (χ3v) is 3.74. The van der Waals surface area contributed by atoms with Crippen LogP contribution in [-0.2, 0) is 6.61 Å². The number of hydrogen-bond acceptors (Lipinski definition) is 2. The van der Waals surface area contributed by atoms with Crippen molar-refractivity contribution >= 4 is 17.3 Å². The van der Waals surface area contributed by atoms with Gasteiger partial charge in [-0.15, -0.1) is 0 Å². The van der Waals surface area contributed by atoms with Gasteiger partial charge in [0.1, 0.15) is 12.4 Å². The van der Waals surface area contributed by atoms with E-state index >= 15 is 0 Å². The zero-order valence-electron chi connectivity index (χ0n) is 11.5. The minimum atomic E-state index is 0.386. The van der Waals surface area contributed by atoms with Crippen LogP contribution in [0.4, 0.5) is 5.69 Å². The van der Waals surface area contributed by atoms with Gasteiger partial charge in [0.15, 0.2) is 0 Å². The highest BCUT2D eigenvalue weighted by Crippen LogP contribution is 2.29. The van der Waals surface area contributed by atoms with Crippen molar-refractivity contribution in [1.82, 2.24) is 0 Å². The Labute approximate surface area is 119 Å². The highest BCUT2D eigenvalue weighted by Gasteiger charge is 2.09. The predicted molar refractivity (Wildman–Crippen MR) is 80.8 cm³/mol. The summed E-state index contributed by atoms with van der Waals surface area (Å²) in [7, 11) is 0. The second-order valence-electron chi connectivity index (χ2n) is 4.75. The summed E-state index contributed by atoms with van der Waals surface area (Å²) >= 11 is 6.15. The maximum absolute atomic E-state index is 6.15. The van der Waals surface area contributed by atoms with Crippen LogP contribution < -0.4 is 10.5 Å². The molecule has 0 atom stereocenters. The van der Waals surface area contributed by atoms with Gasteiger partial charge < -0.3 is 10.5 Å². The first-order valence-corrected chi connectivity index (χ1v) is 6.61. The van der Waals surface area contributed by atoms with Crippen LogP contribution >= 0.6 is 11.6 Å². The van der Waals surface area contributed by atoms with Crippen LogP contribution in [0.2, 0.25) is 5.02 Å². The molecule has 3 heteroatoms. The lowest BCUT2D eigenvalue weighted by molar-refractivity contribution is 0.302. The number of nitrogens with two attached hydrogens (primary N) is 1. The summed E-state index contributed by atoms with van der Waals surface area (Å²) in [6.07, 6.45) is 0.